The van der Waals surface area contributed by atoms with E-state index in [1.807, 2.05) is 12.1 Å². The van der Waals surface area contributed by atoms with E-state index >= 15 is 0 Å². The molecule has 1 aromatic heterocycles. The van der Waals surface area contributed by atoms with E-state index < -0.39 is 0 Å². The van der Waals surface area contributed by atoms with Gasteiger partial charge in [-0.25, -0.2) is 14.4 Å². The second-order valence-corrected chi connectivity index (χ2v) is 4.54. The fourth-order valence-electron chi connectivity index (χ4n) is 2.39. The van der Waals surface area contributed by atoms with Crippen LogP contribution in [0.1, 0.15) is 28.6 Å². The number of halogens is 1. The van der Waals surface area contributed by atoms with Crippen molar-refractivity contribution in [1.82, 2.24) is 9.97 Å². The Morgan fingerprint density at radius 3 is 2.78 bits per heavy atom. The molecular formula is C14H14FN3. The fraction of sp³-hybridized carbons (Fsp3) is 0.286. The highest BCUT2D eigenvalue weighted by Crippen LogP contribution is 2.38. The summed E-state index contributed by atoms with van der Waals surface area (Å²) in [6.45, 7) is 1.67. The maximum Gasteiger partial charge on any atom is 0.186 e. The van der Waals surface area contributed by atoms with Gasteiger partial charge in [-0.3, -0.25) is 0 Å². The molecule has 0 radical (unpaired) electrons. The number of aromatic nitrogens is 2. The van der Waals surface area contributed by atoms with Crippen LogP contribution in [0.3, 0.4) is 0 Å². The fourth-order valence-corrected chi connectivity index (χ4v) is 2.39. The Labute approximate surface area is 105 Å². The molecule has 0 bridgehead atoms. The van der Waals surface area contributed by atoms with Gasteiger partial charge in [0.05, 0.1) is 5.69 Å². The van der Waals surface area contributed by atoms with Crippen LogP contribution in [0.2, 0.25) is 0 Å². The summed E-state index contributed by atoms with van der Waals surface area (Å²) in [5.41, 5.74) is 2.98. The summed E-state index contributed by atoms with van der Waals surface area (Å²) < 4.78 is 13.7. The first-order valence-electron chi connectivity index (χ1n) is 6.00. The molecule has 0 saturated carbocycles. The van der Waals surface area contributed by atoms with Gasteiger partial charge in [0.25, 0.3) is 0 Å². The Balaban J connectivity index is 2.03. The lowest BCUT2D eigenvalue weighted by molar-refractivity contribution is 0.586. The number of nitrogens with zero attached hydrogens (tertiary/aromatic N) is 2. The summed E-state index contributed by atoms with van der Waals surface area (Å²) in [5.74, 6) is 0.820. The van der Waals surface area contributed by atoms with E-state index in [4.69, 9.17) is 0 Å². The Bertz CT molecular complexity index is 610. The van der Waals surface area contributed by atoms with Crippen LogP contribution in [0.5, 0.6) is 0 Å². The Morgan fingerprint density at radius 2 is 2.06 bits per heavy atom. The van der Waals surface area contributed by atoms with Gasteiger partial charge in [-0.05, 0) is 24.5 Å². The first-order chi connectivity index (χ1) is 8.70. The smallest absolute Gasteiger partial charge is 0.186 e. The molecule has 3 nitrogen and oxygen atoms in total. The van der Waals surface area contributed by atoms with Gasteiger partial charge in [-0.15, -0.1) is 0 Å². The molecule has 3 rings (SSSR count). The SMILES string of the molecule is CNc1nc(C2Cc3ccccc32)nc(C)c1F. The third kappa shape index (κ3) is 1.56. The minimum Gasteiger partial charge on any atom is -0.371 e. The van der Waals surface area contributed by atoms with Gasteiger partial charge in [-0.2, -0.15) is 0 Å². The Hall–Kier alpha value is -1.97. The molecule has 4 heteroatoms. The molecule has 0 saturated heterocycles. The van der Waals surface area contributed by atoms with Crippen molar-refractivity contribution in [2.75, 3.05) is 12.4 Å². The van der Waals surface area contributed by atoms with Crippen LogP contribution in [-0.2, 0) is 6.42 Å². The van der Waals surface area contributed by atoms with Crippen LogP contribution in [0.4, 0.5) is 10.2 Å². The molecule has 1 N–H and O–H groups in total. The molecule has 2 aromatic rings. The first-order valence-corrected chi connectivity index (χ1v) is 6.00. The second kappa shape index (κ2) is 4.05. The van der Waals surface area contributed by atoms with Gasteiger partial charge in [-0.1, -0.05) is 24.3 Å². The van der Waals surface area contributed by atoms with Gasteiger partial charge >= 0.3 is 0 Å². The number of nitrogens with one attached hydrogen (secondary N) is 1. The number of benzene rings is 1. The van der Waals surface area contributed by atoms with Crippen molar-refractivity contribution >= 4 is 5.82 Å². The van der Waals surface area contributed by atoms with E-state index in [-0.39, 0.29) is 17.6 Å². The van der Waals surface area contributed by atoms with Crippen molar-refractivity contribution in [1.29, 1.82) is 0 Å². The lowest BCUT2D eigenvalue weighted by Gasteiger charge is -2.29. The molecular weight excluding hydrogens is 229 g/mol. The summed E-state index contributed by atoms with van der Waals surface area (Å²) in [7, 11) is 1.67. The maximum atomic E-state index is 13.7. The molecule has 0 spiro atoms. The van der Waals surface area contributed by atoms with Crippen LogP contribution >= 0.6 is 0 Å². The normalized spacial score (nSPS) is 16.9. The van der Waals surface area contributed by atoms with Gasteiger partial charge < -0.3 is 5.32 Å². The average Bonchev–Trinajstić information content (AvgIpc) is 2.35. The van der Waals surface area contributed by atoms with Crippen LogP contribution in [-0.4, -0.2) is 17.0 Å². The van der Waals surface area contributed by atoms with Crippen LogP contribution in [0.15, 0.2) is 24.3 Å². The molecule has 0 aliphatic heterocycles. The first kappa shape index (κ1) is 11.1. The number of aryl methyl sites for hydroxylation is 1. The largest absolute Gasteiger partial charge is 0.371 e. The molecule has 1 aliphatic carbocycles. The molecule has 1 aromatic carbocycles. The van der Waals surface area contributed by atoms with Crippen molar-refractivity contribution < 1.29 is 4.39 Å². The zero-order chi connectivity index (χ0) is 12.7. The van der Waals surface area contributed by atoms with Gasteiger partial charge in [0.15, 0.2) is 11.6 Å². The van der Waals surface area contributed by atoms with Crippen molar-refractivity contribution in [3.05, 3.63) is 52.7 Å². The predicted molar refractivity (Wildman–Crippen MR) is 68.3 cm³/mol. The van der Waals surface area contributed by atoms with E-state index in [1.54, 1.807) is 14.0 Å². The van der Waals surface area contributed by atoms with Crippen molar-refractivity contribution in [3.8, 4) is 0 Å². The van der Waals surface area contributed by atoms with E-state index in [2.05, 4.69) is 27.4 Å². The standard InChI is InChI=1S/C14H14FN3/c1-8-12(15)14(16-2)18-13(17-8)11-7-9-5-3-4-6-10(9)11/h3-6,11H,7H2,1-2H3,(H,16,17,18). The number of hydrogen-bond donors (Lipinski definition) is 1. The Morgan fingerprint density at radius 1 is 1.28 bits per heavy atom. The molecule has 1 atom stereocenters. The minimum absolute atomic E-state index is 0.201. The minimum atomic E-state index is -0.367. The lowest BCUT2D eigenvalue weighted by Crippen LogP contribution is -2.21. The van der Waals surface area contributed by atoms with E-state index in [1.165, 1.54) is 11.1 Å². The van der Waals surface area contributed by atoms with E-state index in [0.29, 0.717) is 11.5 Å². The highest BCUT2D eigenvalue weighted by Gasteiger charge is 2.30. The molecule has 0 fully saturated rings. The molecule has 18 heavy (non-hydrogen) atoms. The topological polar surface area (TPSA) is 37.8 Å². The highest BCUT2D eigenvalue weighted by molar-refractivity contribution is 5.46. The van der Waals surface area contributed by atoms with E-state index in [9.17, 15) is 4.39 Å². The summed E-state index contributed by atoms with van der Waals surface area (Å²) in [5, 5.41) is 2.78. The third-order valence-electron chi connectivity index (χ3n) is 3.44. The zero-order valence-corrected chi connectivity index (χ0v) is 10.4. The molecule has 92 valence electrons. The highest BCUT2D eigenvalue weighted by atomic mass is 19.1. The molecule has 1 heterocycles. The second-order valence-electron chi connectivity index (χ2n) is 4.54. The Kier molecular flexibility index (Phi) is 2.51. The number of anilines is 1. The van der Waals surface area contributed by atoms with Crippen molar-refractivity contribution in [2.24, 2.45) is 0 Å². The summed E-state index contributed by atoms with van der Waals surface area (Å²) in [6.07, 6.45) is 0.935. The summed E-state index contributed by atoms with van der Waals surface area (Å²) >= 11 is 0. The molecule has 0 amide bonds. The average molecular weight is 243 g/mol. The van der Waals surface area contributed by atoms with Crippen LogP contribution in [0.25, 0.3) is 0 Å². The quantitative estimate of drug-likeness (QED) is 0.881. The van der Waals surface area contributed by atoms with Crippen molar-refractivity contribution in [3.63, 3.8) is 0 Å². The van der Waals surface area contributed by atoms with Gasteiger partial charge in [0.2, 0.25) is 0 Å². The maximum absolute atomic E-state index is 13.7. The van der Waals surface area contributed by atoms with E-state index in [0.717, 1.165) is 6.42 Å². The van der Waals surface area contributed by atoms with Crippen LogP contribution in [0, 0.1) is 12.7 Å². The molecule has 1 aliphatic rings. The summed E-state index contributed by atoms with van der Waals surface area (Å²) in [4.78, 5) is 8.55. The third-order valence-corrected chi connectivity index (χ3v) is 3.44. The lowest BCUT2D eigenvalue weighted by atomic mass is 9.77. The van der Waals surface area contributed by atoms with Crippen molar-refractivity contribution in [2.45, 2.75) is 19.3 Å². The van der Waals surface area contributed by atoms with Gasteiger partial charge in [0.1, 0.15) is 5.82 Å². The zero-order valence-electron chi connectivity index (χ0n) is 10.4. The monoisotopic (exact) mass is 243 g/mol. The van der Waals surface area contributed by atoms with Gasteiger partial charge in [0, 0.05) is 13.0 Å². The predicted octanol–water partition coefficient (Wildman–Crippen LogP) is 2.65. The van der Waals surface area contributed by atoms with Crippen LogP contribution < -0.4 is 5.32 Å². The number of fused-ring (bicyclic) bond motifs is 1. The summed E-state index contributed by atoms with van der Waals surface area (Å²) in [6, 6.07) is 8.25. The number of hydrogen-bond acceptors (Lipinski definition) is 3. The molecule has 1 unspecified atom stereocenters. The number of rotatable bonds is 2.